The van der Waals surface area contributed by atoms with Crippen LogP contribution in [-0.2, 0) is 0 Å². The summed E-state index contributed by atoms with van der Waals surface area (Å²) >= 11 is 0. The molecule has 0 spiro atoms. The first-order chi connectivity index (χ1) is 6.36. The molecule has 0 aromatic rings. The molecule has 0 radical (unpaired) electrons. The van der Waals surface area contributed by atoms with Crippen LogP contribution in [0.1, 0.15) is 32.1 Å². The van der Waals surface area contributed by atoms with E-state index in [0.717, 1.165) is 17.9 Å². The molecule has 0 amide bonds. The maximum Gasteiger partial charge on any atom is 0.0127 e. The first-order valence-corrected chi connectivity index (χ1v) is 5.86. The summed E-state index contributed by atoms with van der Waals surface area (Å²) in [6.07, 6.45) is 7.30. The lowest BCUT2D eigenvalue weighted by molar-refractivity contribution is 0.171. The highest BCUT2D eigenvalue weighted by Crippen LogP contribution is 2.45. The molecule has 2 heteroatoms. The Morgan fingerprint density at radius 1 is 0.923 bits per heavy atom. The van der Waals surface area contributed by atoms with Gasteiger partial charge in [0.05, 0.1) is 0 Å². The van der Waals surface area contributed by atoms with Crippen molar-refractivity contribution in [1.29, 1.82) is 0 Å². The predicted molar refractivity (Wildman–Crippen MR) is 53.4 cm³/mol. The largest absolute Gasteiger partial charge is 0.327 e. The molecule has 2 unspecified atom stereocenters. The molecule has 1 saturated heterocycles. The minimum absolute atomic E-state index is 0.569. The van der Waals surface area contributed by atoms with Gasteiger partial charge in [0.1, 0.15) is 0 Å². The van der Waals surface area contributed by atoms with Gasteiger partial charge in [0.15, 0.2) is 0 Å². The van der Waals surface area contributed by atoms with Crippen LogP contribution in [-0.4, -0.2) is 30.1 Å². The van der Waals surface area contributed by atoms with Gasteiger partial charge in [0.25, 0.3) is 0 Å². The zero-order chi connectivity index (χ0) is 8.84. The van der Waals surface area contributed by atoms with E-state index in [4.69, 9.17) is 5.73 Å². The Morgan fingerprint density at radius 3 is 2.15 bits per heavy atom. The molecular formula is C11H20N2. The number of likely N-dealkylation sites (tertiary alicyclic amines) is 1. The molecule has 0 aromatic carbocycles. The van der Waals surface area contributed by atoms with Crippen LogP contribution in [0.15, 0.2) is 0 Å². The maximum absolute atomic E-state index is 5.94. The second-order valence-corrected chi connectivity index (χ2v) is 5.15. The van der Waals surface area contributed by atoms with Crippen molar-refractivity contribution in [2.75, 3.05) is 13.1 Å². The Bertz CT molecular complexity index is 186. The van der Waals surface area contributed by atoms with Gasteiger partial charge >= 0.3 is 0 Å². The van der Waals surface area contributed by atoms with E-state index in [1.54, 1.807) is 0 Å². The van der Waals surface area contributed by atoms with E-state index in [1.807, 2.05) is 0 Å². The van der Waals surface area contributed by atoms with Crippen molar-refractivity contribution in [3.63, 3.8) is 0 Å². The van der Waals surface area contributed by atoms with Crippen LogP contribution in [0.2, 0.25) is 0 Å². The van der Waals surface area contributed by atoms with Gasteiger partial charge in [-0.2, -0.15) is 0 Å². The van der Waals surface area contributed by atoms with Crippen molar-refractivity contribution in [3.05, 3.63) is 0 Å². The summed E-state index contributed by atoms with van der Waals surface area (Å²) in [6, 6.07) is 1.49. The van der Waals surface area contributed by atoms with Crippen LogP contribution in [0.25, 0.3) is 0 Å². The molecule has 2 saturated carbocycles. The minimum atomic E-state index is 0.569. The first kappa shape index (κ1) is 8.25. The number of hydrogen-bond donors (Lipinski definition) is 1. The molecule has 2 nitrogen and oxygen atoms in total. The van der Waals surface area contributed by atoms with Crippen LogP contribution in [0, 0.1) is 11.8 Å². The highest BCUT2D eigenvalue weighted by molar-refractivity contribution is 5.09. The summed E-state index contributed by atoms with van der Waals surface area (Å²) in [6.45, 7) is 2.63. The second-order valence-electron chi connectivity index (χ2n) is 5.15. The quantitative estimate of drug-likeness (QED) is 0.657. The summed E-state index contributed by atoms with van der Waals surface area (Å²) in [5.74, 6) is 1.75. The Balaban J connectivity index is 1.56. The smallest absolute Gasteiger partial charge is 0.0127 e. The third-order valence-electron chi connectivity index (χ3n) is 4.38. The molecule has 74 valence electrons. The van der Waals surface area contributed by atoms with Gasteiger partial charge in [-0.3, -0.25) is 4.90 Å². The average molecular weight is 180 g/mol. The molecule has 3 fully saturated rings. The van der Waals surface area contributed by atoms with E-state index >= 15 is 0 Å². The molecule has 3 aliphatic rings. The number of hydrogen-bond acceptors (Lipinski definition) is 2. The summed E-state index contributed by atoms with van der Waals surface area (Å²) < 4.78 is 0. The molecule has 1 aliphatic heterocycles. The monoisotopic (exact) mass is 180 g/mol. The number of rotatable bonds is 1. The van der Waals surface area contributed by atoms with E-state index in [-0.39, 0.29) is 0 Å². The predicted octanol–water partition coefficient (Wildman–Crippen LogP) is 1.21. The molecular weight excluding hydrogens is 160 g/mol. The van der Waals surface area contributed by atoms with Gasteiger partial charge in [0, 0.05) is 25.2 Å². The Labute approximate surface area is 80.5 Å². The zero-order valence-corrected chi connectivity index (χ0v) is 8.28. The standard InChI is InChI=1S/C11H20N2/c12-11-9-6-13(7-10(9)11)8-4-2-1-3-5-8/h8-11H,1-7,12H2. The number of piperidine rings is 1. The van der Waals surface area contributed by atoms with Gasteiger partial charge < -0.3 is 5.73 Å². The Hall–Kier alpha value is -0.0800. The first-order valence-electron chi connectivity index (χ1n) is 5.86. The van der Waals surface area contributed by atoms with Crippen molar-refractivity contribution in [1.82, 2.24) is 4.90 Å². The number of nitrogens with zero attached hydrogens (tertiary/aromatic N) is 1. The van der Waals surface area contributed by atoms with Crippen LogP contribution >= 0.6 is 0 Å². The van der Waals surface area contributed by atoms with Crippen molar-refractivity contribution in [2.24, 2.45) is 17.6 Å². The topological polar surface area (TPSA) is 29.3 Å². The third-order valence-corrected chi connectivity index (χ3v) is 4.38. The number of nitrogens with two attached hydrogens (primary N) is 1. The van der Waals surface area contributed by atoms with E-state index in [9.17, 15) is 0 Å². The van der Waals surface area contributed by atoms with Gasteiger partial charge in [-0.15, -0.1) is 0 Å². The zero-order valence-electron chi connectivity index (χ0n) is 8.28. The van der Waals surface area contributed by atoms with Gasteiger partial charge in [0.2, 0.25) is 0 Å². The molecule has 2 N–H and O–H groups in total. The molecule has 13 heavy (non-hydrogen) atoms. The third kappa shape index (κ3) is 1.31. The lowest BCUT2D eigenvalue weighted by Gasteiger charge is -2.32. The van der Waals surface area contributed by atoms with E-state index in [2.05, 4.69) is 4.90 Å². The highest BCUT2D eigenvalue weighted by Gasteiger charge is 2.54. The second kappa shape index (κ2) is 2.96. The van der Waals surface area contributed by atoms with Crippen LogP contribution in [0.3, 0.4) is 0 Å². The summed E-state index contributed by atoms with van der Waals surface area (Å²) in [4.78, 5) is 2.72. The molecule has 0 bridgehead atoms. The van der Waals surface area contributed by atoms with Crippen molar-refractivity contribution in [3.8, 4) is 0 Å². The van der Waals surface area contributed by atoms with Gasteiger partial charge in [-0.1, -0.05) is 19.3 Å². The maximum atomic E-state index is 5.94. The Morgan fingerprint density at radius 2 is 1.54 bits per heavy atom. The fourth-order valence-electron chi connectivity index (χ4n) is 3.35. The summed E-state index contributed by atoms with van der Waals surface area (Å²) in [5.41, 5.74) is 5.94. The SMILES string of the molecule is NC1C2CN(C3CCCCC3)CC12. The van der Waals surface area contributed by atoms with Crippen LogP contribution in [0.5, 0.6) is 0 Å². The van der Waals surface area contributed by atoms with Crippen molar-refractivity contribution >= 4 is 0 Å². The van der Waals surface area contributed by atoms with Crippen LogP contribution < -0.4 is 5.73 Å². The van der Waals surface area contributed by atoms with Gasteiger partial charge in [-0.25, -0.2) is 0 Å². The molecule has 2 atom stereocenters. The molecule has 0 aromatic heterocycles. The highest BCUT2D eigenvalue weighted by atomic mass is 15.2. The van der Waals surface area contributed by atoms with E-state index < -0.39 is 0 Å². The average Bonchev–Trinajstić information content (AvgIpc) is 2.67. The molecule has 3 rings (SSSR count). The van der Waals surface area contributed by atoms with Crippen LogP contribution in [0.4, 0.5) is 0 Å². The van der Waals surface area contributed by atoms with Crippen molar-refractivity contribution < 1.29 is 0 Å². The fourth-order valence-corrected chi connectivity index (χ4v) is 3.35. The van der Waals surface area contributed by atoms with Gasteiger partial charge in [-0.05, 0) is 24.7 Å². The fraction of sp³-hybridized carbons (Fsp3) is 1.00. The lowest BCUT2D eigenvalue weighted by atomic mass is 9.94. The normalized spacial score (nSPS) is 46.4. The van der Waals surface area contributed by atoms with E-state index in [1.165, 1.54) is 45.2 Å². The Kier molecular flexibility index (Phi) is 1.88. The molecule has 1 heterocycles. The van der Waals surface area contributed by atoms with Crippen molar-refractivity contribution in [2.45, 2.75) is 44.2 Å². The molecule has 2 aliphatic carbocycles. The lowest BCUT2D eigenvalue weighted by Crippen LogP contribution is -2.38. The summed E-state index contributed by atoms with van der Waals surface area (Å²) in [5, 5.41) is 0. The summed E-state index contributed by atoms with van der Waals surface area (Å²) in [7, 11) is 0. The number of fused-ring (bicyclic) bond motifs is 1. The van der Waals surface area contributed by atoms with E-state index in [0.29, 0.717) is 6.04 Å². The minimum Gasteiger partial charge on any atom is -0.327 e.